The zero-order chi connectivity index (χ0) is 16.1. The number of anilines is 1. The quantitative estimate of drug-likeness (QED) is 0.911. The predicted octanol–water partition coefficient (Wildman–Crippen LogP) is 2.84. The number of hydrogen-bond acceptors (Lipinski definition) is 2. The molecule has 0 heterocycles. The van der Waals surface area contributed by atoms with E-state index in [1.807, 2.05) is 32.0 Å². The van der Waals surface area contributed by atoms with Crippen LogP contribution in [0.25, 0.3) is 0 Å². The van der Waals surface area contributed by atoms with Crippen LogP contribution < -0.4 is 10.6 Å². The van der Waals surface area contributed by atoms with Crippen LogP contribution in [0, 0.1) is 13.8 Å². The van der Waals surface area contributed by atoms with Crippen LogP contribution in [0.3, 0.4) is 0 Å². The van der Waals surface area contributed by atoms with E-state index in [9.17, 15) is 9.59 Å². The van der Waals surface area contributed by atoms with E-state index in [0.717, 1.165) is 11.1 Å². The molecule has 0 saturated heterocycles. The third-order valence-electron chi connectivity index (χ3n) is 3.61. The van der Waals surface area contributed by atoms with Crippen LogP contribution in [0.5, 0.6) is 0 Å². The third-order valence-corrected chi connectivity index (χ3v) is 3.61. The largest absolute Gasteiger partial charge is 0.355 e. The lowest BCUT2D eigenvalue weighted by atomic mass is 10.0. The van der Waals surface area contributed by atoms with Gasteiger partial charge in [-0.2, -0.15) is 0 Å². The molecule has 0 atom stereocenters. The number of nitrogens with one attached hydrogen (secondary N) is 2. The van der Waals surface area contributed by atoms with Crippen molar-refractivity contribution in [1.82, 2.24) is 5.32 Å². The monoisotopic (exact) mass is 296 g/mol. The molecule has 2 amide bonds. The summed E-state index contributed by atoms with van der Waals surface area (Å²) in [6, 6.07) is 12.9. The van der Waals surface area contributed by atoms with Crippen LogP contribution in [0.4, 0.5) is 5.69 Å². The van der Waals surface area contributed by atoms with Gasteiger partial charge >= 0.3 is 0 Å². The molecule has 0 unspecified atom stereocenters. The molecule has 4 nitrogen and oxygen atoms in total. The van der Waals surface area contributed by atoms with E-state index in [2.05, 4.69) is 10.6 Å². The Morgan fingerprint density at radius 2 is 1.73 bits per heavy atom. The summed E-state index contributed by atoms with van der Waals surface area (Å²) in [5.74, 6) is -0.360. The van der Waals surface area contributed by atoms with Crippen molar-refractivity contribution in [2.45, 2.75) is 20.3 Å². The van der Waals surface area contributed by atoms with Gasteiger partial charge in [-0.1, -0.05) is 30.3 Å². The highest BCUT2D eigenvalue weighted by atomic mass is 16.2. The molecule has 0 spiro atoms. The molecule has 0 bridgehead atoms. The predicted molar refractivity (Wildman–Crippen MR) is 88.1 cm³/mol. The fourth-order valence-corrected chi connectivity index (χ4v) is 2.22. The van der Waals surface area contributed by atoms with Crippen molar-refractivity contribution in [3.63, 3.8) is 0 Å². The first-order chi connectivity index (χ1) is 10.5. The molecule has 4 heteroatoms. The van der Waals surface area contributed by atoms with Crippen molar-refractivity contribution in [1.29, 1.82) is 0 Å². The van der Waals surface area contributed by atoms with E-state index in [-0.39, 0.29) is 18.2 Å². The summed E-state index contributed by atoms with van der Waals surface area (Å²) < 4.78 is 0. The Balaban J connectivity index is 2.12. The van der Waals surface area contributed by atoms with Crippen LogP contribution in [0.1, 0.15) is 27.0 Å². The lowest BCUT2D eigenvalue weighted by Crippen LogP contribution is -2.22. The Hall–Kier alpha value is -2.62. The maximum absolute atomic E-state index is 12.2. The second-order valence-electron chi connectivity index (χ2n) is 5.27. The molecule has 22 heavy (non-hydrogen) atoms. The van der Waals surface area contributed by atoms with Crippen LogP contribution >= 0.6 is 0 Å². The van der Waals surface area contributed by atoms with E-state index in [1.165, 1.54) is 5.56 Å². The Labute approximate surface area is 130 Å². The Bertz CT molecular complexity index is 708. The molecule has 2 aromatic carbocycles. The Morgan fingerprint density at radius 3 is 2.41 bits per heavy atom. The smallest absolute Gasteiger partial charge is 0.253 e. The van der Waals surface area contributed by atoms with Gasteiger partial charge in [0.05, 0.1) is 17.7 Å². The number of benzene rings is 2. The summed E-state index contributed by atoms with van der Waals surface area (Å²) in [6.45, 7) is 4.07. The molecule has 114 valence electrons. The SMILES string of the molecule is CNC(=O)c1ccccc1NC(=O)Cc1ccc(C)c(C)c1. The fraction of sp³-hybridized carbons (Fsp3) is 0.222. The Kier molecular flexibility index (Phi) is 4.94. The van der Waals surface area contributed by atoms with E-state index >= 15 is 0 Å². The first-order valence-electron chi connectivity index (χ1n) is 7.18. The van der Waals surface area contributed by atoms with Gasteiger partial charge in [0.15, 0.2) is 0 Å². The first-order valence-corrected chi connectivity index (χ1v) is 7.18. The van der Waals surface area contributed by atoms with Gasteiger partial charge in [-0.05, 0) is 42.7 Å². The normalized spacial score (nSPS) is 10.1. The highest BCUT2D eigenvalue weighted by Gasteiger charge is 2.12. The van der Waals surface area contributed by atoms with Crippen molar-refractivity contribution in [2.75, 3.05) is 12.4 Å². The fourth-order valence-electron chi connectivity index (χ4n) is 2.22. The maximum atomic E-state index is 12.2. The highest BCUT2D eigenvalue weighted by Crippen LogP contribution is 2.16. The van der Waals surface area contributed by atoms with Crippen LogP contribution in [0.15, 0.2) is 42.5 Å². The summed E-state index contributed by atoms with van der Waals surface area (Å²) in [5, 5.41) is 5.38. The number of amides is 2. The number of carbonyl (C=O) groups excluding carboxylic acids is 2. The molecule has 0 aromatic heterocycles. The van der Waals surface area contributed by atoms with Gasteiger partial charge < -0.3 is 10.6 Å². The van der Waals surface area contributed by atoms with Gasteiger partial charge in [0.2, 0.25) is 5.91 Å². The standard InChI is InChI=1S/C18H20N2O2/c1-12-8-9-14(10-13(12)2)11-17(21)20-16-7-5-4-6-15(16)18(22)19-3/h4-10H,11H2,1-3H3,(H,19,22)(H,20,21). The number of carbonyl (C=O) groups is 2. The topological polar surface area (TPSA) is 58.2 Å². The molecule has 0 aliphatic heterocycles. The molecule has 0 aliphatic carbocycles. The molecule has 2 aromatic rings. The minimum absolute atomic E-state index is 0.139. The van der Waals surface area contributed by atoms with Crippen molar-refractivity contribution in [3.8, 4) is 0 Å². The average Bonchev–Trinajstić information content (AvgIpc) is 2.50. The van der Waals surface area contributed by atoms with Gasteiger partial charge in [-0.3, -0.25) is 9.59 Å². The number of aryl methyl sites for hydroxylation is 2. The molecule has 2 N–H and O–H groups in total. The number of para-hydroxylation sites is 1. The highest BCUT2D eigenvalue weighted by molar-refractivity contribution is 6.03. The summed E-state index contributed by atoms with van der Waals surface area (Å²) in [5.41, 5.74) is 4.30. The summed E-state index contributed by atoms with van der Waals surface area (Å²) in [6.07, 6.45) is 0.281. The van der Waals surface area contributed by atoms with Gasteiger partial charge in [-0.15, -0.1) is 0 Å². The number of rotatable bonds is 4. The third kappa shape index (κ3) is 3.73. The minimum Gasteiger partial charge on any atom is -0.355 e. The molecule has 0 radical (unpaired) electrons. The summed E-state index contributed by atoms with van der Waals surface area (Å²) in [4.78, 5) is 24.0. The van der Waals surface area contributed by atoms with Gasteiger partial charge in [0.25, 0.3) is 5.91 Å². The summed E-state index contributed by atoms with van der Waals surface area (Å²) >= 11 is 0. The zero-order valence-electron chi connectivity index (χ0n) is 13.1. The first kappa shape index (κ1) is 15.8. The minimum atomic E-state index is -0.220. The van der Waals surface area contributed by atoms with Crippen molar-refractivity contribution in [3.05, 3.63) is 64.7 Å². The average molecular weight is 296 g/mol. The lowest BCUT2D eigenvalue weighted by molar-refractivity contribution is -0.115. The van der Waals surface area contributed by atoms with Gasteiger partial charge in [0.1, 0.15) is 0 Å². The van der Waals surface area contributed by atoms with Crippen molar-refractivity contribution < 1.29 is 9.59 Å². The Morgan fingerprint density at radius 1 is 1.00 bits per heavy atom. The lowest BCUT2D eigenvalue weighted by Gasteiger charge is -2.10. The van der Waals surface area contributed by atoms with Crippen molar-refractivity contribution >= 4 is 17.5 Å². The zero-order valence-corrected chi connectivity index (χ0v) is 13.1. The van der Waals surface area contributed by atoms with E-state index in [4.69, 9.17) is 0 Å². The van der Waals surface area contributed by atoms with E-state index < -0.39 is 0 Å². The molecule has 0 saturated carbocycles. The molecule has 0 fully saturated rings. The maximum Gasteiger partial charge on any atom is 0.253 e. The van der Waals surface area contributed by atoms with Gasteiger partial charge in [0, 0.05) is 7.05 Å². The second kappa shape index (κ2) is 6.89. The summed E-state index contributed by atoms with van der Waals surface area (Å²) in [7, 11) is 1.57. The number of hydrogen-bond donors (Lipinski definition) is 2. The second-order valence-corrected chi connectivity index (χ2v) is 5.27. The van der Waals surface area contributed by atoms with Crippen LogP contribution in [0.2, 0.25) is 0 Å². The molecule has 2 rings (SSSR count). The molecular formula is C18H20N2O2. The van der Waals surface area contributed by atoms with E-state index in [0.29, 0.717) is 11.3 Å². The van der Waals surface area contributed by atoms with Crippen LogP contribution in [-0.4, -0.2) is 18.9 Å². The van der Waals surface area contributed by atoms with Crippen LogP contribution in [-0.2, 0) is 11.2 Å². The van der Waals surface area contributed by atoms with Gasteiger partial charge in [-0.25, -0.2) is 0 Å². The molecule has 0 aliphatic rings. The van der Waals surface area contributed by atoms with Crippen molar-refractivity contribution in [2.24, 2.45) is 0 Å². The molecular weight excluding hydrogens is 276 g/mol. The van der Waals surface area contributed by atoms with E-state index in [1.54, 1.807) is 31.3 Å².